The highest BCUT2D eigenvalue weighted by Gasteiger charge is 2.38. The second-order valence-corrected chi connectivity index (χ2v) is 7.95. The van der Waals surface area contributed by atoms with Crippen LogP contribution < -0.4 is 5.32 Å². The summed E-state index contributed by atoms with van der Waals surface area (Å²) in [5.74, 6) is 0.236. The number of thioether (sulfide) groups is 1. The van der Waals surface area contributed by atoms with Crippen LogP contribution in [0.4, 0.5) is 13.2 Å². The number of allylic oxidation sites excluding steroid dienone is 3. The average molecular weight is 319 g/mol. The number of hydrogen-bond donors (Lipinski definition) is 1. The number of nitrogens with one attached hydrogen (secondary N) is 1. The minimum atomic E-state index is -4.29. The lowest BCUT2D eigenvalue weighted by Gasteiger charge is -2.38. The summed E-state index contributed by atoms with van der Waals surface area (Å²) >= 11 is 1.54. The van der Waals surface area contributed by atoms with Gasteiger partial charge in [0.15, 0.2) is 0 Å². The van der Waals surface area contributed by atoms with Gasteiger partial charge in [0.05, 0.1) is 5.57 Å². The zero-order valence-electron chi connectivity index (χ0n) is 12.2. The highest BCUT2D eigenvalue weighted by molar-refractivity contribution is 8.01. The first-order valence-electron chi connectivity index (χ1n) is 7.08. The van der Waals surface area contributed by atoms with Gasteiger partial charge in [-0.1, -0.05) is 32.1 Å². The van der Waals surface area contributed by atoms with Gasteiger partial charge < -0.3 is 5.32 Å². The molecule has 1 fully saturated rings. The number of amides is 1. The second kappa shape index (κ2) is 6.07. The van der Waals surface area contributed by atoms with Gasteiger partial charge in [0.25, 0.3) is 0 Å². The van der Waals surface area contributed by atoms with Crippen molar-refractivity contribution in [3.05, 3.63) is 23.8 Å². The van der Waals surface area contributed by atoms with E-state index >= 15 is 0 Å². The van der Waals surface area contributed by atoms with Crippen molar-refractivity contribution in [3.8, 4) is 0 Å². The molecule has 2 aliphatic rings. The maximum absolute atomic E-state index is 12.8. The van der Waals surface area contributed by atoms with Gasteiger partial charge in [-0.2, -0.15) is 13.2 Å². The van der Waals surface area contributed by atoms with Crippen LogP contribution in [0.15, 0.2) is 23.8 Å². The highest BCUT2D eigenvalue weighted by Crippen LogP contribution is 2.43. The molecule has 1 aliphatic heterocycles. The number of piperidine rings is 1. The third kappa shape index (κ3) is 4.28. The first-order valence-corrected chi connectivity index (χ1v) is 7.96. The van der Waals surface area contributed by atoms with Crippen LogP contribution in [0.1, 0.15) is 33.1 Å². The summed E-state index contributed by atoms with van der Waals surface area (Å²) in [5.41, 5.74) is -0.566. The molecular formula is C15H20F3NOS. The van der Waals surface area contributed by atoms with E-state index in [-0.39, 0.29) is 21.8 Å². The van der Waals surface area contributed by atoms with Crippen LogP contribution in [0.2, 0.25) is 0 Å². The molecule has 0 aromatic rings. The minimum absolute atomic E-state index is 0.0370. The molecule has 1 aliphatic carbocycles. The standard InChI is InChI=1S/C15H20F3NOS/c1-14(2,10-6-7-19-13(20)9-10)21-12-5-3-4-11(8-12)15(16,17)18/h3-4,8,10,12H,5-7,9H2,1-2H3,(H,19,20)/t10-,12?/m1/s1. The van der Waals surface area contributed by atoms with Crippen LogP contribution in [0.3, 0.4) is 0 Å². The smallest absolute Gasteiger partial charge is 0.356 e. The summed E-state index contributed by atoms with van der Waals surface area (Å²) < 4.78 is 38.1. The number of carbonyl (C=O) groups excluding carboxylic acids is 1. The van der Waals surface area contributed by atoms with Gasteiger partial charge in [0.1, 0.15) is 0 Å². The zero-order valence-corrected chi connectivity index (χ0v) is 13.0. The molecule has 6 heteroatoms. The maximum atomic E-state index is 12.8. The molecule has 1 amide bonds. The van der Waals surface area contributed by atoms with Gasteiger partial charge in [-0.15, -0.1) is 11.8 Å². The molecule has 2 atom stereocenters. The molecule has 1 N–H and O–H groups in total. The topological polar surface area (TPSA) is 29.1 Å². The fourth-order valence-corrected chi connectivity index (χ4v) is 4.38. The van der Waals surface area contributed by atoms with Crippen LogP contribution in [0, 0.1) is 5.92 Å². The number of alkyl halides is 3. The van der Waals surface area contributed by atoms with E-state index < -0.39 is 11.7 Å². The molecule has 118 valence electrons. The molecule has 21 heavy (non-hydrogen) atoms. The van der Waals surface area contributed by atoms with Crippen LogP contribution in [0.5, 0.6) is 0 Å². The Kier molecular flexibility index (Phi) is 4.76. The Morgan fingerprint density at radius 1 is 1.33 bits per heavy atom. The fraction of sp³-hybridized carbons (Fsp3) is 0.667. The summed E-state index contributed by atoms with van der Waals surface area (Å²) in [4.78, 5) is 11.5. The number of hydrogen-bond acceptors (Lipinski definition) is 2. The van der Waals surface area contributed by atoms with Crippen molar-refractivity contribution in [3.63, 3.8) is 0 Å². The van der Waals surface area contributed by atoms with E-state index in [2.05, 4.69) is 5.32 Å². The molecule has 0 bridgehead atoms. The van der Waals surface area contributed by atoms with Gasteiger partial charge in [-0.05, 0) is 18.8 Å². The summed E-state index contributed by atoms with van der Waals surface area (Å²) in [6.07, 6.45) is 1.71. The summed E-state index contributed by atoms with van der Waals surface area (Å²) in [7, 11) is 0. The summed E-state index contributed by atoms with van der Waals surface area (Å²) in [6, 6.07) is 0. The molecule has 0 spiro atoms. The van der Waals surface area contributed by atoms with Crippen molar-refractivity contribution in [2.75, 3.05) is 6.54 Å². The van der Waals surface area contributed by atoms with E-state index in [4.69, 9.17) is 0 Å². The number of halogens is 3. The lowest BCUT2D eigenvalue weighted by molar-refractivity contribution is -0.123. The van der Waals surface area contributed by atoms with E-state index in [0.29, 0.717) is 19.4 Å². The Bertz CT molecular complexity index is 468. The SMILES string of the molecule is CC(C)(SC1C=C(C(F)(F)F)C=CC1)[C@@H]1CCNC(=O)C1. The van der Waals surface area contributed by atoms with Gasteiger partial charge in [0, 0.05) is 23.0 Å². The van der Waals surface area contributed by atoms with Gasteiger partial charge in [-0.25, -0.2) is 0 Å². The van der Waals surface area contributed by atoms with E-state index in [0.717, 1.165) is 12.5 Å². The normalized spacial score (nSPS) is 27.3. The largest absolute Gasteiger partial charge is 0.416 e. The van der Waals surface area contributed by atoms with Gasteiger partial charge in [-0.3, -0.25) is 4.79 Å². The van der Waals surface area contributed by atoms with Crippen LogP contribution in [-0.2, 0) is 4.79 Å². The third-order valence-corrected chi connectivity index (χ3v) is 5.62. The van der Waals surface area contributed by atoms with Gasteiger partial charge in [0.2, 0.25) is 5.91 Å². The Balaban J connectivity index is 2.04. The first-order chi connectivity index (χ1) is 9.68. The number of carbonyl (C=O) groups is 1. The predicted octanol–water partition coefficient (Wildman–Crippen LogP) is 3.84. The van der Waals surface area contributed by atoms with Crippen LogP contribution >= 0.6 is 11.8 Å². The molecule has 0 radical (unpaired) electrons. The van der Waals surface area contributed by atoms with Crippen molar-refractivity contribution in [1.82, 2.24) is 5.32 Å². The number of rotatable bonds is 3. The van der Waals surface area contributed by atoms with Crippen LogP contribution in [-0.4, -0.2) is 28.6 Å². The Morgan fingerprint density at radius 3 is 2.67 bits per heavy atom. The van der Waals surface area contributed by atoms with Crippen molar-refractivity contribution < 1.29 is 18.0 Å². The molecule has 0 saturated carbocycles. The van der Waals surface area contributed by atoms with Crippen molar-refractivity contribution >= 4 is 17.7 Å². The molecule has 2 rings (SSSR count). The molecule has 0 aromatic heterocycles. The van der Waals surface area contributed by atoms with Crippen molar-refractivity contribution in [2.45, 2.75) is 49.3 Å². The Labute approximate surface area is 127 Å². The van der Waals surface area contributed by atoms with Crippen LogP contribution in [0.25, 0.3) is 0 Å². The van der Waals surface area contributed by atoms with E-state index in [1.165, 1.54) is 6.08 Å². The summed E-state index contributed by atoms with van der Waals surface area (Å²) in [6.45, 7) is 4.71. The quantitative estimate of drug-likeness (QED) is 0.856. The van der Waals surface area contributed by atoms with Crippen molar-refractivity contribution in [1.29, 1.82) is 0 Å². The molecule has 2 nitrogen and oxygen atoms in total. The predicted molar refractivity (Wildman–Crippen MR) is 79.1 cm³/mol. The Morgan fingerprint density at radius 2 is 2.05 bits per heavy atom. The Hall–Kier alpha value is -0.910. The maximum Gasteiger partial charge on any atom is 0.416 e. The lowest BCUT2D eigenvalue weighted by Crippen LogP contribution is -2.41. The first kappa shape index (κ1) is 16.5. The van der Waals surface area contributed by atoms with E-state index in [1.807, 2.05) is 13.8 Å². The highest BCUT2D eigenvalue weighted by atomic mass is 32.2. The molecular weight excluding hydrogens is 299 g/mol. The molecule has 1 heterocycles. The second-order valence-electron chi connectivity index (χ2n) is 6.06. The average Bonchev–Trinajstić information content (AvgIpc) is 2.37. The molecule has 0 aromatic carbocycles. The zero-order chi connectivity index (χ0) is 15.7. The molecule has 1 saturated heterocycles. The third-order valence-electron chi connectivity index (χ3n) is 4.04. The monoisotopic (exact) mass is 319 g/mol. The van der Waals surface area contributed by atoms with Gasteiger partial charge >= 0.3 is 6.18 Å². The molecule has 1 unspecified atom stereocenters. The van der Waals surface area contributed by atoms with Crippen molar-refractivity contribution in [2.24, 2.45) is 5.92 Å². The van der Waals surface area contributed by atoms with E-state index in [1.54, 1.807) is 17.8 Å². The lowest BCUT2D eigenvalue weighted by atomic mass is 9.86. The summed E-state index contributed by atoms with van der Waals surface area (Å²) in [5, 5.41) is 2.61. The fourth-order valence-electron chi connectivity index (χ4n) is 2.79. The van der Waals surface area contributed by atoms with E-state index in [9.17, 15) is 18.0 Å². The minimum Gasteiger partial charge on any atom is -0.356 e.